The first-order valence-corrected chi connectivity index (χ1v) is 13.3. The molecule has 8 nitrogen and oxygen atoms in total. The van der Waals surface area contributed by atoms with E-state index in [0.717, 1.165) is 38.9 Å². The van der Waals surface area contributed by atoms with Crippen LogP contribution in [0.15, 0.2) is 0 Å². The minimum atomic E-state index is 0.138. The number of carbonyl (C=O) groups is 1. The smallest absolute Gasteiger partial charge is 0.223 e. The quantitative estimate of drug-likeness (QED) is 0.413. The summed E-state index contributed by atoms with van der Waals surface area (Å²) in [6.07, 6.45) is 12.8. The molecule has 3 heterocycles. The molecule has 7 unspecified atom stereocenters. The fourth-order valence-electron chi connectivity index (χ4n) is 6.87. The van der Waals surface area contributed by atoms with Crippen molar-refractivity contribution in [3.63, 3.8) is 0 Å². The minimum Gasteiger partial charge on any atom is -0.376 e. The van der Waals surface area contributed by atoms with Gasteiger partial charge >= 0.3 is 0 Å². The van der Waals surface area contributed by atoms with Crippen molar-refractivity contribution in [2.45, 2.75) is 94.7 Å². The number of hydrogen-bond donors (Lipinski definition) is 5. The lowest BCUT2D eigenvalue weighted by atomic mass is 9.82. The molecular weight excluding hydrogens is 404 g/mol. The molecule has 3 aliphatic heterocycles. The standard InChI is InChI=1S/C24H44N6O2/c1-30-22(28-29-23(30)16-9-11-25-12-10-16)14-26-18-6-4-5-17(13-18)24(31)27-20-15-32-21-8-3-2-7-19(20)21/h16-23,25-26,28-29H,2-15H2,1H3,(H,27,31). The third-order valence-electron chi connectivity index (χ3n) is 8.89. The van der Waals surface area contributed by atoms with E-state index in [2.05, 4.69) is 38.7 Å². The number of nitrogens with one attached hydrogen (secondary N) is 5. The van der Waals surface area contributed by atoms with Gasteiger partial charge in [0, 0.05) is 24.4 Å². The molecule has 0 aromatic rings. The second kappa shape index (κ2) is 10.7. The predicted octanol–water partition coefficient (Wildman–Crippen LogP) is 0.900. The van der Waals surface area contributed by atoms with Crippen LogP contribution in [-0.4, -0.2) is 74.6 Å². The molecule has 32 heavy (non-hydrogen) atoms. The highest BCUT2D eigenvalue weighted by Gasteiger charge is 2.41. The Labute approximate surface area is 193 Å². The third kappa shape index (κ3) is 5.15. The van der Waals surface area contributed by atoms with Gasteiger partial charge in [0.2, 0.25) is 5.91 Å². The number of rotatable bonds is 6. The molecule has 1 amide bonds. The van der Waals surface area contributed by atoms with E-state index in [1.807, 2.05) is 0 Å². The van der Waals surface area contributed by atoms with Gasteiger partial charge in [0.15, 0.2) is 0 Å². The monoisotopic (exact) mass is 448 g/mol. The lowest BCUT2D eigenvalue weighted by Gasteiger charge is -2.34. The summed E-state index contributed by atoms with van der Waals surface area (Å²) in [5, 5.41) is 10.6. The Bertz CT molecular complexity index is 630. The van der Waals surface area contributed by atoms with Crippen LogP contribution in [0.1, 0.15) is 64.2 Å². The number of hydrogen-bond acceptors (Lipinski definition) is 7. The molecule has 5 rings (SSSR count). The largest absolute Gasteiger partial charge is 0.376 e. The summed E-state index contributed by atoms with van der Waals surface area (Å²) in [5.41, 5.74) is 7.04. The fraction of sp³-hybridized carbons (Fsp3) is 0.958. The number of fused-ring (bicyclic) bond motifs is 1. The molecule has 2 aliphatic carbocycles. The molecule has 7 atom stereocenters. The fourth-order valence-corrected chi connectivity index (χ4v) is 6.87. The zero-order valence-corrected chi connectivity index (χ0v) is 19.8. The highest BCUT2D eigenvalue weighted by molar-refractivity contribution is 5.79. The lowest BCUT2D eigenvalue weighted by Crippen LogP contribution is -2.50. The molecule has 0 aromatic heterocycles. The molecule has 5 fully saturated rings. The van der Waals surface area contributed by atoms with Crippen molar-refractivity contribution in [2.24, 2.45) is 17.8 Å². The van der Waals surface area contributed by atoms with E-state index in [0.29, 0.717) is 42.9 Å². The van der Waals surface area contributed by atoms with E-state index in [1.54, 1.807) is 0 Å². The molecule has 0 spiro atoms. The van der Waals surface area contributed by atoms with Gasteiger partial charge in [-0.25, -0.2) is 10.9 Å². The van der Waals surface area contributed by atoms with Gasteiger partial charge in [0.05, 0.1) is 31.1 Å². The van der Waals surface area contributed by atoms with Crippen LogP contribution < -0.4 is 26.8 Å². The van der Waals surface area contributed by atoms with E-state index in [4.69, 9.17) is 4.74 Å². The Morgan fingerprint density at radius 2 is 1.88 bits per heavy atom. The number of likely N-dealkylation sites (N-methyl/N-ethyl adjacent to an activating group) is 1. The number of amides is 1. The van der Waals surface area contributed by atoms with Crippen molar-refractivity contribution in [2.75, 3.05) is 33.3 Å². The van der Waals surface area contributed by atoms with Gasteiger partial charge in [-0.05, 0) is 71.0 Å². The van der Waals surface area contributed by atoms with E-state index in [9.17, 15) is 4.79 Å². The summed E-state index contributed by atoms with van der Waals surface area (Å²) in [5.74, 6) is 1.64. The van der Waals surface area contributed by atoms with Gasteiger partial charge in [-0.2, -0.15) is 0 Å². The third-order valence-corrected chi connectivity index (χ3v) is 8.89. The Morgan fingerprint density at radius 1 is 1.03 bits per heavy atom. The molecule has 182 valence electrons. The Hall–Kier alpha value is -0.770. The summed E-state index contributed by atoms with van der Waals surface area (Å²) >= 11 is 0. The first-order chi connectivity index (χ1) is 15.7. The molecule has 0 bridgehead atoms. The van der Waals surface area contributed by atoms with Crippen molar-refractivity contribution in [1.82, 2.24) is 31.7 Å². The highest BCUT2D eigenvalue weighted by Crippen LogP contribution is 2.35. The van der Waals surface area contributed by atoms with Gasteiger partial charge in [-0.1, -0.05) is 19.3 Å². The van der Waals surface area contributed by atoms with Crippen molar-refractivity contribution in [3.8, 4) is 0 Å². The van der Waals surface area contributed by atoms with Crippen LogP contribution in [0, 0.1) is 17.8 Å². The van der Waals surface area contributed by atoms with Crippen LogP contribution in [0.2, 0.25) is 0 Å². The van der Waals surface area contributed by atoms with E-state index < -0.39 is 0 Å². The van der Waals surface area contributed by atoms with Crippen molar-refractivity contribution < 1.29 is 9.53 Å². The van der Waals surface area contributed by atoms with Crippen molar-refractivity contribution >= 4 is 5.91 Å². The zero-order valence-electron chi connectivity index (χ0n) is 19.8. The van der Waals surface area contributed by atoms with E-state index in [-0.39, 0.29) is 17.9 Å². The summed E-state index contributed by atoms with van der Waals surface area (Å²) in [6, 6.07) is 0.658. The number of piperidine rings is 1. The maximum Gasteiger partial charge on any atom is 0.223 e. The highest BCUT2D eigenvalue weighted by atomic mass is 16.5. The first-order valence-electron chi connectivity index (χ1n) is 13.3. The molecule has 0 aromatic carbocycles. The molecule has 2 saturated carbocycles. The average molecular weight is 449 g/mol. The van der Waals surface area contributed by atoms with E-state index >= 15 is 0 Å². The topological polar surface area (TPSA) is 89.7 Å². The number of hydrazine groups is 1. The van der Waals surface area contributed by atoms with Crippen LogP contribution in [0.25, 0.3) is 0 Å². The van der Waals surface area contributed by atoms with Crippen LogP contribution in [-0.2, 0) is 9.53 Å². The number of nitrogens with zero attached hydrogens (tertiary/aromatic N) is 1. The lowest BCUT2D eigenvalue weighted by molar-refractivity contribution is -0.127. The van der Waals surface area contributed by atoms with Crippen LogP contribution in [0.5, 0.6) is 0 Å². The van der Waals surface area contributed by atoms with Crippen molar-refractivity contribution in [1.29, 1.82) is 0 Å². The Kier molecular flexibility index (Phi) is 7.66. The van der Waals surface area contributed by atoms with Gasteiger partial charge < -0.3 is 20.7 Å². The summed E-state index contributed by atoms with van der Waals surface area (Å²) in [7, 11) is 2.23. The summed E-state index contributed by atoms with van der Waals surface area (Å²) in [4.78, 5) is 15.5. The molecule has 8 heteroatoms. The molecular formula is C24H44N6O2. The maximum absolute atomic E-state index is 13.1. The summed E-state index contributed by atoms with van der Waals surface area (Å²) in [6.45, 7) is 3.86. The maximum atomic E-state index is 13.1. The van der Waals surface area contributed by atoms with Crippen molar-refractivity contribution in [3.05, 3.63) is 0 Å². The van der Waals surface area contributed by atoms with E-state index in [1.165, 1.54) is 44.9 Å². The molecule has 5 aliphatic rings. The normalized spacial score (nSPS) is 41.5. The number of ether oxygens (including phenoxy) is 1. The zero-order chi connectivity index (χ0) is 21.9. The van der Waals surface area contributed by atoms with Gasteiger partial charge in [0.25, 0.3) is 0 Å². The molecule has 5 N–H and O–H groups in total. The van der Waals surface area contributed by atoms with Gasteiger partial charge in [-0.3, -0.25) is 9.69 Å². The van der Waals surface area contributed by atoms with Crippen LogP contribution >= 0.6 is 0 Å². The Balaban J connectivity index is 1.06. The van der Waals surface area contributed by atoms with Crippen LogP contribution in [0.3, 0.4) is 0 Å². The molecule has 3 saturated heterocycles. The second-order valence-electron chi connectivity index (χ2n) is 10.9. The molecule has 0 radical (unpaired) electrons. The minimum absolute atomic E-state index is 0.138. The summed E-state index contributed by atoms with van der Waals surface area (Å²) < 4.78 is 5.99. The van der Waals surface area contributed by atoms with Crippen LogP contribution in [0.4, 0.5) is 0 Å². The number of carbonyl (C=O) groups excluding carboxylic acids is 1. The second-order valence-corrected chi connectivity index (χ2v) is 10.9. The van der Waals surface area contributed by atoms with Gasteiger partial charge in [-0.15, -0.1) is 0 Å². The predicted molar refractivity (Wildman–Crippen MR) is 125 cm³/mol. The Morgan fingerprint density at radius 3 is 2.75 bits per heavy atom. The SMILES string of the molecule is CN1C(CNC2CCCC(C(=O)NC3COC4CCCCC34)C2)NNC1C1CCNCC1. The van der Waals surface area contributed by atoms with Gasteiger partial charge in [0.1, 0.15) is 0 Å². The first kappa shape index (κ1) is 23.0. The average Bonchev–Trinajstić information content (AvgIpc) is 3.42.